The van der Waals surface area contributed by atoms with Gasteiger partial charge in [0.2, 0.25) is 0 Å². The van der Waals surface area contributed by atoms with Gasteiger partial charge in [-0.25, -0.2) is 0 Å². The van der Waals surface area contributed by atoms with Gasteiger partial charge >= 0.3 is 0 Å². The first-order valence-electron chi connectivity index (χ1n) is 9.04. The lowest BCUT2D eigenvalue weighted by atomic mass is 9.57. The Morgan fingerprint density at radius 2 is 2.20 bits per heavy atom. The van der Waals surface area contributed by atoms with Gasteiger partial charge in [0.05, 0.1) is 12.6 Å². The van der Waals surface area contributed by atoms with Crippen LogP contribution in [0.4, 0.5) is 0 Å². The van der Waals surface area contributed by atoms with E-state index < -0.39 is 6.10 Å². The molecule has 1 saturated heterocycles. The summed E-state index contributed by atoms with van der Waals surface area (Å²) in [5.41, 5.74) is 0.788. The summed E-state index contributed by atoms with van der Waals surface area (Å²) in [5.74, 6) is 1.27. The van der Waals surface area contributed by atoms with Crippen LogP contribution in [0, 0.1) is 11.3 Å². The van der Waals surface area contributed by atoms with Crippen molar-refractivity contribution in [3.63, 3.8) is 0 Å². The number of guanidine groups is 1. The normalized spacial score (nSPS) is 28.8. The molecular weight excluding hydrogens is 338 g/mol. The maximum Gasteiger partial charge on any atom is 0.191 e. The summed E-state index contributed by atoms with van der Waals surface area (Å²) in [6, 6.07) is 7.67. The van der Waals surface area contributed by atoms with Gasteiger partial charge in [0, 0.05) is 41.1 Å². The maximum absolute atomic E-state index is 10.4. The van der Waals surface area contributed by atoms with E-state index in [4.69, 9.17) is 16.3 Å². The van der Waals surface area contributed by atoms with Crippen molar-refractivity contribution >= 4 is 17.6 Å². The smallest absolute Gasteiger partial charge is 0.191 e. The van der Waals surface area contributed by atoms with Crippen molar-refractivity contribution in [2.24, 2.45) is 16.3 Å². The van der Waals surface area contributed by atoms with Gasteiger partial charge in [0.25, 0.3) is 0 Å². The third kappa shape index (κ3) is 3.64. The predicted octanol–water partition coefficient (Wildman–Crippen LogP) is 2.74. The second kappa shape index (κ2) is 7.52. The molecule has 0 spiro atoms. The molecule has 0 radical (unpaired) electrons. The average Bonchev–Trinajstić information content (AvgIpc) is 3.04. The van der Waals surface area contributed by atoms with E-state index in [1.54, 1.807) is 6.07 Å². The third-order valence-electron chi connectivity index (χ3n) is 5.42. The number of nitrogens with zero attached hydrogens (tertiary/aromatic N) is 1. The van der Waals surface area contributed by atoms with E-state index in [0.29, 0.717) is 28.6 Å². The fourth-order valence-electron chi connectivity index (χ4n) is 4.11. The minimum atomic E-state index is -0.721. The molecule has 4 unspecified atom stereocenters. The van der Waals surface area contributed by atoms with E-state index in [0.717, 1.165) is 25.5 Å². The second-order valence-electron chi connectivity index (χ2n) is 7.44. The van der Waals surface area contributed by atoms with Crippen molar-refractivity contribution in [3.8, 4) is 0 Å². The molecule has 25 heavy (non-hydrogen) atoms. The van der Waals surface area contributed by atoms with Crippen LogP contribution < -0.4 is 10.6 Å². The van der Waals surface area contributed by atoms with Gasteiger partial charge in [-0.2, -0.15) is 0 Å². The van der Waals surface area contributed by atoms with E-state index in [9.17, 15) is 5.11 Å². The minimum absolute atomic E-state index is 0.0821. The number of hydrogen-bond donors (Lipinski definition) is 3. The lowest BCUT2D eigenvalue weighted by Crippen LogP contribution is -2.68. The number of hydrogen-bond acceptors (Lipinski definition) is 3. The Kier molecular flexibility index (Phi) is 5.56. The fourth-order valence-corrected chi connectivity index (χ4v) is 4.37. The molecule has 0 bridgehead atoms. The van der Waals surface area contributed by atoms with E-state index in [2.05, 4.69) is 29.5 Å². The highest BCUT2D eigenvalue weighted by Gasteiger charge is 2.59. The summed E-state index contributed by atoms with van der Waals surface area (Å²) in [5, 5.41) is 17.8. The first kappa shape index (κ1) is 18.5. The fraction of sp³-hybridized carbons (Fsp3) is 0.632. The van der Waals surface area contributed by atoms with Crippen LogP contribution in [0.3, 0.4) is 0 Å². The lowest BCUT2D eigenvalue weighted by molar-refractivity contribution is -0.106. The topological polar surface area (TPSA) is 65.9 Å². The van der Waals surface area contributed by atoms with Crippen LogP contribution in [0.15, 0.2) is 29.3 Å². The van der Waals surface area contributed by atoms with Gasteiger partial charge < -0.3 is 20.5 Å². The molecular formula is C19H28ClN3O2. The van der Waals surface area contributed by atoms with Crippen molar-refractivity contribution < 1.29 is 9.84 Å². The molecule has 2 fully saturated rings. The standard InChI is InChI=1S/C19H28ClN3O2/c1-4-21-18(22-11-15(24)12-7-5-6-8-14(12)20)23-16-13-9-10-25-17(13)19(16,2)3/h5-8,13,15-17,24H,4,9-11H2,1-3H3,(H2,21,22,23). The zero-order chi connectivity index (χ0) is 18.0. The molecule has 2 aliphatic rings. The third-order valence-corrected chi connectivity index (χ3v) is 5.77. The molecule has 5 nitrogen and oxygen atoms in total. The Labute approximate surface area is 154 Å². The van der Waals surface area contributed by atoms with Crippen molar-refractivity contribution in [2.75, 3.05) is 19.7 Å². The predicted molar refractivity (Wildman–Crippen MR) is 101 cm³/mol. The minimum Gasteiger partial charge on any atom is -0.386 e. The number of rotatable bonds is 5. The highest BCUT2D eigenvalue weighted by molar-refractivity contribution is 6.31. The van der Waals surface area contributed by atoms with E-state index in [1.165, 1.54) is 0 Å². The second-order valence-corrected chi connectivity index (χ2v) is 7.85. The summed E-state index contributed by atoms with van der Waals surface area (Å²) >= 11 is 6.16. The first-order valence-corrected chi connectivity index (χ1v) is 9.42. The van der Waals surface area contributed by atoms with Crippen LogP contribution in [0.5, 0.6) is 0 Å². The Balaban J connectivity index is 1.66. The Bertz CT molecular complexity index is 635. The molecule has 1 aromatic carbocycles. The van der Waals surface area contributed by atoms with Crippen LogP contribution in [-0.4, -0.2) is 42.9 Å². The molecule has 138 valence electrons. The number of aliphatic hydroxyl groups excluding tert-OH is 1. The van der Waals surface area contributed by atoms with Crippen molar-refractivity contribution in [1.82, 2.24) is 10.6 Å². The van der Waals surface area contributed by atoms with Crippen molar-refractivity contribution in [2.45, 2.75) is 45.4 Å². The summed E-state index contributed by atoms with van der Waals surface area (Å²) in [6.07, 6.45) is 0.704. The van der Waals surface area contributed by atoms with Crippen LogP contribution in [-0.2, 0) is 4.74 Å². The van der Waals surface area contributed by atoms with Crippen molar-refractivity contribution in [3.05, 3.63) is 34.9 Å². The monoisotopic (exact) mass is 365 g/mol. The lowest BCUT2D eigenvalue weighted by Gasteiger charge is -2.54. The van der Waals surface area contributed by atoms with Crippen LogP contribution in [0.1, 0.15) is 38.9 Å². The SMILES string of the molecule is CCNC(=NCC(O)c1ccccc1Cl)NC1C2CCOC2C1(C)C. The molecule has 1 heterocycles. The Hall–Kier alpha value is -1.30. The Morgan fingerprint density at radius 3 is 2.92 bits per heavy atom. The zero-order valence-corrected chi connectivity index (χ0v) is 15.9. The number of benzene rings is 1. The number of fused-ring (bicyclic) bond motifs is 1. The molecule has 1 aliphatic heterocycles. The molecule has 1 aliphatic carbocycles. The highest BCUT2D eigenvalue weighted by Crippen LogP contribution is 2.52. The van der Waals surface area contributed by atoms with E-state index in [1.807, 2.05) is 25.1 Å². The van der Waals surface area contributed by atoms with Gasteiger partial charge in [-0.15, -0.1) is 0 Å². The molecule has 1 saturated carbocycles. The molecule has 6 heteroatoms. The number of nitrogens with one attached hydrogen (secondary N) is 2. The van der Waals surface area contributed by atoms with Gasteiger partial charge in [0.1, 0.15) is 6.10 Å². The van der Waals surface area contributed by atoms with E-state index in [-0.39, 0.29) is 12.0 Å². The van der Waals surface area contributed by atoms with Gasteiger partial charge in [0.15, 0.2) is 5.96 Å². The quantitative estimate of drug-likeness (QED) is 0.554. The summed E-state index contributed by atoms with van der Waals surface area (Å²) in [4.78, 5) is 4.58. The van der Waals surface area contributed by atoms with Gasteiger partial charge in [-0.05, 0) is 19.4 Å². The number of aliphatic hydroxyl groups is 1. The van der Waals surface area contributed by atoms with Crippen molar-refractivity contribution in [1.29, 1.82) is 0 Å². The van der Waals surface area contributed by atoms with E-state index >= 15 is 0 Å². The first-order chi connectivity index (χ1) is 11.9. The van der Waals surface area contributed by atoms with Crippen LogP contribution in [0.25, 0.3) is 0 Å². The van der Waals surface area contributed by atoms with Crippen LogP contribution in [0.2, 0.25) is 5.02 Å². The molecule has 1 aromatic rings. The maximum atomic E-state index is 10.4. The summed E-state index contributed by atoms with van der Waals surface area (Å²) in [7, 11) is 0. The average molecular weight is 366 g/mol. The molecule has 0 aromatic heterocycles. The number of ether oxygens (including phenoxy) is 1. The summed E-state index contributed by atoms with van der Waals surface area (Å²) < 4.78 is 5.85. The van der Waals surface area contributed by atoms with Gasteiger partial charge in [-0.1, -0.05) is 43.6 Å². The zero-order valence-electron chi connectivity index (χ0n) is 15.1. The van der Waals surface area contributed by atoms with Crippen LogP contribution >= 0.6 is 11.6 Å². The largest absolute Gasteiger partial charge is 0.386 e. The number of aliphatic imine (C=N–C) groups is 1. The molecule has 0 amide bonds. The molecule has 3 rings (SSSR count). The van der Waals surface area contributed by atoms with Gasteiger partial charge in [-0.3, -0.25) is 4.99 Å². The summed E-state index contributed by atoms with van der Waals surface area (Å²) in [6.45, 7) is 8.38. The molecule has 4 atom stereocenters. The number of halogens is 1. The molecule has 3 N–H and O–H groups in total. The Morgan fingerprint density at radius 1 is 1.44 bits per heavy atom. The highest BCUT2D eigenvalue weighted by atomic mass is 35.5.